The number of rotatable bonds is 3. The average molecular weight is 402 g/mol. The van der Waals surface area contributed by atoms with Crippen molar-refractivity contribution >= 4 is 57.8 Å². The number of thiocarbonyl (C=S) groups is 1. The monoisotopic (exact) mass is 401 g/mol. The molecule has 2 aromatic carbocycles. The number of hydrogen-bond acceptors (Lipinski definition) is 3. The van der Waals surface area contributed by atoms with E-state index >= 15 is 0 Å². The van der Waals surface area contributed by atoms with E-state index in [1.165, 1.54) is 4.90 Å². The first-order valence-electron chi connectivity index (χ1n) is 8.66. The molecule has 0 saturated carbocycles. The minimum Gasteiger partial charge on any atom is -0.332 e. The van der Waals surface area contributed by atoms with Gasteiger partial charge in [-0.1, -0.05) is 17.7 Å². The maximum Gasteiger partial charge on any atom is 0.233 e. The minimum atomic E-state index is -0.159. The summed E-state index contributed by atoms with van der Waals surface area (Å²) in [7, 11) is 0. The van der Waals surface area contributed by atoms with Gasteiger partial charge in [0.25, 0.3) is 0 Å². The van der Waals surface area contributed by atoms with Crippen molar-refractivity contribution < 1.29 is 9.59 Å². The zero-order valence-electron chi connectivity index (χ0n) is 15.1. The van der Waals surface area contributed by atoms with Gasteiger partial charge in [0.05, 0.1) is 16.4 Å². The van der Waals surface area contributed by atoms with Crippen LogP contribution in [0.3, 0.4) is 0 Å². The topological polar surface area (TPSA) is 61.4 Å². The Morgan fingerprint density at radius 1 is 1.04 bits per heavy atom. The number of amides is 2. The molecule has 2 aromatic rings. The van der Waals surface area contributed by atoms with Gasteiger partial charge in [-0.25, -0.2) is 0 Å². The highest BCUT2D eigenvalue weighted by molar-refractivity contribution is 7.80. The number of nitrogens with one attached hydrogen (secondary N) is 2. The van der Waals surface area contributed by atoms with Crippen molar-refractivity contribution in [2.45, 2.75) is 33.1 Å². The zero-order valence-corrected chi connectivity index (χ0v) is 16.7. The van der Waals surface area contributed by atoms with Crippen LogP contribution in [0, 0.1) is 13.8 Å². The fourth-order valence-electron chi connectivity index (χ4n) is 3.09. The van der Waals surface area contributed by atoms with Crippen LogP contribution in [-0.4, -0.2) is 16.9 Å². The number of aryl methyl sites for hydroxylation is 2. The van der Waals surface area contributed by atoms with E-state index in [1.54, 1.807) is 24.3 Å². The molecule has 0 aliphatic carbocycles. The van der Waals surface area contributed by atoms with Crippen LogP contribution in [0.4, 0.5) is 17.1 Å². The smallest absolute Gasteiger partial charge is 0.233 e. The standard InChI is InChI=1S/C20H20ClN3O2S/c1-12-10-13(2)19(16(21)11-12)23-20(27)22-14-6-8-15(9-7-14)24-17(25)4-3-5-18(24)26/h6-11H,3-5H2,1-2H3,(H2,22,23,27). The molecule has 3 rings (SSSR count). The predicted molar refractivity (Wildman–Crippen MR) is 114 cm³/mol. The van der Waals surface area contributed by atoms with Crippen molar-refractivity contribution in [2.24, 2.45) is 0 Å². The molecule has 0 radical (unpaired) electrons. The molecule has 1 aliphatic heterocycles. The Bertz CT molecular complexity index is 873. The van der Waals surface area contributed by atoms with Crippen LogP contribution in [0.1, 0.15) is 30.4 Å². The molecule has 0 aromatic heterocycles. The van der Waals surface area contributed by atoms with Gasteiger partial charge in [-0.3, -0.25) is 14.5 Å². The summed E-state index contributed by atoms with van der Waals surface area (Å²) in [6.45, 7) is 3.95. The largest absolute Gasteiger partial charge is 0.332 e. The van der Waals surface area contributed by atoms with Crippen molar-refractivity contribution in [1.29, 1.82) is 0 Å². The summed E-state index contributed by atoms with van der Waals surface area (Å²) in [5.41, 5.74) is 4.17. The van der Waals surface area contributed by atoms with E-state index in [9.17, 15) is 9.59 Å². The number of imide groups is 1. The number of anilines is 3. The highest BCUT2D eigenvalue weighted by Gasteiger charge is 2.27. The third-order valence-electron chi connectivity index (χ3n) is 4.33. The van der Waals surface area contributed by atoms with Crippen LogP contribution in [-0.2, 0) is 9.59 Å². The second-order valence-electron chi connectivity index (χ2n) is 6.54. The SMILES string of the molecule is Cc1cc(C)c(NC(=S)Nc2ccc(N3C(=O)CCCC3=O)cc2)c(Cl)c1. The lowest BCUT2D eigenvalue weighted by molar-refractivity contribution is -0.129. The van der Waals surface area contributed by atoms with Crippen LogP contribution in [0.5, 0.6) is 0 Å². The quantitative estimate of drug-likeness (QED) is 0.571. The van der Waals surface area contributed by atoms with Crippen molar-refractivity contribution in [3.8, 4) is 0 Å². The molecule has 1 heterocycles. The summed E-state index contributed by atoms with van der Waals surface area (Å²) in [6.07, 6.45) is 1.42. The minimum absolute atomic E-state index is 0.159. The van der Waals surface area contributed by atoms with E-state index in [1.807, 2.05) is 26.0 Å². The van der Waals surface area contributed by atoms with Crippen LogP contribution in [0.25, 0.3) is 0 Å². The maximum absolute atomic E-state index is 12.0. The molecule has 2 N–H and O–H groups in total. The average Bonchev–Trinajstić information content (AvgIpc) is 2.59. The third kappa shape index (κ3) is 4.46. The van der Waals surface area contributed by atoms with E-state index in [0.29, 0.717) is 35.1 Å². The Morgan fingerprint density at radius 2 is 1.67 bits per heavy atom. The van der Waals surface area contributed by atoms with Crippen LogP contribution in [0.15, 0.2) is 36.4 Å². The second kappa shape index (κ2) is 8.06. The van der Waals surface area contributed by atoms with E-state index in [2.05, 4.69) is 10.6 Å². The summed E-state index contributed by atoms with van der Waals surface area (Å²) in [5, 5.41) is 7.21. The molecular weight excluding hydrogens is 382 g/mol. The Balaban J connectivity index is 1.69. The molecule has 27 heavy (non-hydrogen) atoms. The Hall–Kier alpha value is -2.44. The number of piperidine rings is 1. The summed E-state index contributed by atoms with van der Waals surface area (Å²) >= 11 is 11.7. The summed E-state index contributed by atoms with van der Waals surface area (Å²) in [5.74, 6) is -0.317. The van der Waals surface area contributed by atoms with Gasteiger partial charge >= 0.3 is 0 Å². The summed E-state index contributed by atoms with van der Waals surface area (Å²) < 4.78 is 0. The fourth-order valence-corrected chi connectivity index (χ4v) is 3.67. The van der Waals surface area contributed by atoms with Crippen LogP contribution in [0.2, 0.25) is 5.02 Å². The lowest BCUT2D eigenvalue weighted by Crippen LogP contribution is -2.40. The number of hydrogen-bond donors (Lipinski definition) is 2. The second-order valence-corrected chi connectivity index (χ2v) is 7.36. The molecule has 2 amide bonds. The summed E-state index contributed by atoms with van der Waals surface area (Å²) in [6, 6.07) is 10.9. The van der Waals surface area contributed by atoms with Gasteiger partial charge < -0.3 is 10.6 Å². The number of carbonyl (C=O) groups is 2. The summed E-state index contributed by atoms with van der Waals surface area (Å²) in [4.78, 5) is 25.3. The van der Waals surface area contributed by atoms with Gasteiger partial charge in [-0.05, 0) is 73.9 Å². The van der Waals surface area contributed by atoms with Crippen molar-refractivity contribution in [3.63, 3.8) is 0 Å². The Labute approximate surface area is 168 Å². The van der Waals surface area contributed by atoms with E-state index in [-0.39, 0.29) is 11.8 Å². The molecule has 140 valence electrons. The molecule has 5 nitrogen and oxygen atoms in total. The highest BCUT2D eigenvalue weighted by Crippen LogP contribution is 2.28. The van der Waals surface area contributed by atoms with Gasteiger partial charge in [0.15, 0.2) is 5.11 Å². The van der Waals surface area contributed by atoms with Gasteiger partial charge in [0, 0.05) is 18.5 Å². The molecule has 7 heteroatoms. The predicted octanol–water partition coefficient (Wildman–Crippen LogP) is 4.81. The molecule has 1 saturated heterocycles. The van der Waals surface area contributed by atoms with E-state index in [4.69, 9.17) is 23.8 Å². The fraction of sp³-hybridized carbons (Fsp3) is 0.250. The molecule has 1 fully saturated rings. The maximum atomic E-state index is 12.0. The molecule has 0 unspecified atom stereocenters. The van der Waals surface area contributed by atoms with Crippen molar-refractivity contribution in [2.75, 3.05) is 15.5 Å². The first kappa shape index (κ1) is 19.3. The van der Waals surface area contributed by atoms with E-state index < -0.39 is 0 Å². The van der Waals surface area contributed by atoms with Gasteiger partial charge in [-0.2, -0.15) is 0 Å². The molecule has 0 bridgehead atoms. The first-order valence-corrected chi connectivity index (χ1v) is 9.44. The number of nitrogens with zero attached hydrogens (tertiary/aromatic N) is 1. The lowest BCUT2D eigenvalue weighted by atomic mass is 10.1. The zero-order chi connectivity index (χ0) is 19.6. The Morgan fingerprint density at radius 3 is 2.26 bits per heavy atom. The number of benzene rings is 2. The Kier molecular flexibility index (Phi) is 5.77. The molecular formula is C20H20ClN3O2S. The van der Waals surface area contributed by atoms with Gasteiger partial charge in [-0.15, -0.1) is 0 Å². The number of carbonyl (C=O) groups excluding carboxylic acids is 2. The lowest BCUT2D eigenvalue weighted by Gasteiger charge is -2.25. The number of halogens is 1. The van der Waals surface area contributed by atoms with Crippen molar-refractivity contribution in [1.82, 2.24) is 0 Å². The van der Waals surface area contributed by atoms with Gasteiger partial charge in [0.2, 0.25) is 11.8 Å². The molecule has 0 atom stereocenters. The first-order chi connectivity index (χ1) is 12.8. The van der Waals surface area contributed by atoms with Gasteiger partial charge in [0.1, 0.15) is 0 Å². The van der Waals surface area contributed by atoms with E-state index in [0.717, 1.165) is 22.5 Å². The van der Waals surface area contributed by atoms with Crippen molar-refractivity contribution in [3.05, 3.63) is 52.5 Å². The molecule has 0 spiro atoms. The highest BCUT2D eigenvalue weighted by atomic mass is 35.5. The normalized spacial score (nSPS) is 14.3. The third-order valence-corrected chi connectivity index (χ3v) is 4.84. The molecule has 1 aliphatic rings. The van der Waals surface area contributed by atoms with Crippen LogP contribution >= 0.6 is 23.8 Å². The van der Waals surface area contributed by atoms with Crippen LogP contribution < -0.4 is 15.5 Å².